The molecule has 0 fully saturated rings. The predicted molar refractivity (Wildman–Crippen MR) is 131 cm³/mol. The number of phenolic OH excluding ortho intramolecular Hbond substituents is 6. The van der Waals surface area contributed by atoms with Crippen molar-refractivity contribution in [2.45, 2.75) is 0 Å². The Kier molecular flexibility index (Phi) is 5.37. The average Bonchev–Trinajstić information content (AvgIpc) is 2.77. The zero-order chi connectivity index (χ0) is 25.6. The Labute approximate surface area is 198 Å². The first-order valence-corrected chi connectivity index (χ1v) is 10.0. The number of hydrogen-bond donors (Lipinski definition) is 10. The van der Waals surface area contributed by atoms with Gasteiger partial charge in [-0.3, -0.25) is 0 Å². The van der Waals surface area contributed by atoms with E-state index in [1.807, 2.05) is 0 Å². The van der Waals surface area contributed by atoms with Crippen LogP contribution >= 0.6 is 0 Å². The third-order valence-electron chi connectivity index (χ3n) is 5.35. The van der Waals surface area contributed by atoms with Gasteiger partial charge >= 0.3 is 0 Å². The number of phenols is 6. The molecule has 0 aliphatic rings. The number of ether oxygens (including phenoxy) is 1. The van der Waals surface area contributed by atoms with Gasteiger partial charge in [0.1, 0.15) is 34.5 Å². The quantitative estimate of drug-likeness (QED) is 0.116. The molecule has 4 aromatic carbocycles. The van der Waals surface area contributed by atoms with Gasteiger partial charge in [0.15, 0.2) is 11.5 Å². The van der Waals surface area contributed by atoms with Gasteiger partial charge in [0, 0.05) is 46.5 Å². The second kappa shape index (κ2) is 8.23. The van der Waals surface area contributed by atoms with Crippen molar-refractivity contribution in [2.24, 2.45) is 0 Å². The number of hydrogen-bond acceptors (Lipinski definition) is 11. The number of nitrogens with two attached hydrogens (primary N) is 4. The minimum absolute atomic E-state index is 0.00686. The van der Waals surface area contributed by atoms with E-state index in [4.69, 9.17) is 27.7 Å². The van der Waals surface area contributed by atoms with E-state index < -0.39 is 0 Å². The van der Waals surface area contributed by atoms with Gasteiger partial charge in [0.2, 0.25) is 0 Å². The van der Waals surface area contributed by atoms with Crippen LogP contribution in [0.15, 0.2) is 48.5 Å². The molecule has 0 heterocycles. The standard InChI is InChI=1S/C24H22N4O7/c25-13-5-17(29)9(1-21(13)33)11-3-23(15(27)7-19(11)31)35-24-4-12(20(32)8-16(24)28)10-2-22(34)14(26)6-18(10)30/h1-8,29-34H,25-28H2. The Morgan fingerprint density at radius 2 is 0.657 bits per heavy atom. The number of aromatic hydroxyl groups is 6. The summed E-state index contributed by atoms with van der Waals surface area (Å²) >= 11 is 0. The van der Waals surface area contributed by atoms with E-state index in [9.17, 15) is 30.6 Å². The van der Waals surface area contributed by atoms with Crippen LogP contribution in [-0.2, 0) is 0 Å². The van der Waals surface area contributed by atoms with Gasteiger partial charge in [-0.2, -0.15) is 0 Å². The summed E-state index contributed by atoms with van der Waals surface area (Å²) in [5.74, 6) is -1.83. The van der Waals surface area contributed by atoms with Crippen LogP contribution < -0.4 is 27.7 Å². The molecule has 0 aliphatic carbocycles. The second-order valence-electron chi connectivity index (χ2n) is 7.77. The van der Waals surface area contributed by atoms with Crippen LogP contribution in [0.3, 0.4) is 0 Å². The Hall–Kier alpha value is -5.32. The van der Waals surface area contributed by atoms with Crippen molar-refractivity contribution in [3.05, 3.63) is 48.5 Å². The molecule has 11 heteroatoms. The number of rotatable bonds is 4. The van der Waals surface area contributed by atoms with Crippen LogP contribution in [0.25, 0.3) is 22.3 Å². The summed E-state index contributed by atoms with van der Waals surface area (Å²) in [5, 5.41) is 61.2. The maximum atomic E-state index is 10.4. The number of nitrogen functional groups attached to an aromatic ring is 4. The molecule has 4 aromatic rings. The molecule has 180 valence electrons. The zero-order valence-electron chi connectivity index (χ0n) is 18.0. The molecule has 0 spiro atoms. The highest BCUT2D eigenvalue weighted by Gasteiger charge is 2.19. The van der Waals surface area contributed by atoms with Gasteiger partial charge in [-0.25, -0.2) is 0 Å². The highest BCUT2D eigenvalue weighted by molar-refractivity contribution is 5.85. The SMILES string of the molecule is Nc1cc(O)c(-c2cc(Oc3cc(-c4cc(O)c(N)cc4O)c(O)cc3N)c(N)cc2O)cc1O. The van der Waals surface area contributed by atoms with Crippen molar-refractivity contribution in [2.75, 3.05) is 22.9 Å². The topological polar surface area (TPSA) is 235 Å². The van der Waals surface area contributed by atoms with Crippen molar-refractivity contribution in [3.63, 3.8) is 0 Å². The van der Waals surface area contributed by atoms with Gasteiger partial charge < -0.3 is 58.3 Å². The molecule has 35 heavy (non-hydrogen) atoms. The average molecular weight is 478 g/mol. The number of benzene rings is 4. The molecule has 0 radical (unpaired) electrons. The fraction of sp³-hybridized carbons (Fsp3) is 0. The summed E-state index contributed by atoms with van der Waals surface area (Å²) in [6, 6.07) is 9.57. The molecule has 4 rings (SSSR count). The molecule has 14 N–H and O–H groups in total. The fourth-order valence-corrected chi connectivity index (χ4v) is 3.51. The van der Waals surface area contributed by atoms with Crippen LogP contribution in [0.2, 0.25) is 0 Å². The van der Waals surface area contributed by atoms with Crippen LogP contribution in [0.5, 0.6) is 46.0 Å². The first-order valence-electron chi connectivity index (χ1n) is 10.0. The summed E-state index contributed by atoms with van der Waals surface area (Å²) in [4.78, 5) is 0. The zero-order valence-corrected chi connectivity index (χ0v) is 18.0. The first kappa shape index (κ1) is 22.9. The lowest BCUT2D eigenvalue weighted by Gasteiger charge is -2.17. The normalized spacial score (nSPS) is 10.9. The van der Waals surface area contributed by atoms with Gasteiger partial charge in [0.25, 0.3) is 0 Å². The van der Waals surface area contributed by atoms with Gasteiger partial charge in [0.05, 0.1) is 22.7 Å². The number of anilines is 4. The lowest BCUT2D eigenvalue weighted by atomic mass is 10.0. The van der Waals surface area contributed by atoms with Crippen molar-refractivity contribution < 1.29 is 35.4 Å². The van der Waals surface area contributed by atoms with Crippen LogP contribution in [-0.4, -0.2) is 30.6 Å². The van der Waals surface area contributed by atoms with Crippen LogP contribution in [0, 0.1) is 0 Å². The maximum Gasteiger partial charge on any atom is 0.151 e. The molecule has 0 unspecified atom stereocenters. The van der Waals surface area contributed by atoms with Gasteiger partial charge in [-0.05, 0) is 24.3 Å². The molecular formula is C24H22N4O7. The summed E-state index contributed by atoms with van der Waals surface area (Å²) in [6.07, 6.45) is 0. The molecule has 0 amide bonds. The molecule has 0 saturated carbocycles. The Bertz CT molecular complexity index is 1380. The largest absolute Gasteiger partial charge is 0.507 e. The van der Waals surface area contributed by atoms with Crippen molar-refractivity contribution in [1.82, 2.24) is 0 Å². The summed E-state index contributed by atoms with van der Waals surface area (Å²) < 4.78 is 5.85. The van der Waals surface area contributed by atoms with E-state index in [2.05, 4.69) is 0 Å². The van der Waals surface area contributed by atoms with Crippen LogP contribution in [0.1, 0.15) is 0 Å². The van der Waals surface area contributed by atoms with Crippen LogP contribution in [0.4, 0.5) is 22.7 Å². The molecule has 0 saturated heterocycles. The molecule has 0 atom stereocenters. The molecule has 11 nitrogen and oxygen atoms in total. The molecular weight excluding hydrogens is 456 g/mol. The van der Waals surface area contributed by atoms with Crippen molar-refractivity contribution in [3.8, 4) is 68.2 Å². The van der Waals surface area contributed by atoms with E-state index in [0.717, 1.165) is 12.1 Å². The summed E-state index contributed by atoms with van der Waals surface area (Å²) in [5.41, 5.74) is 23.3. The highest BCUT2D eigenvalue weighted by Crippen LogP contribution is 2.47. The van der Waals surface area contributed by atoms with Gasteiger partial charge in [-0.15, -0.1) is 0 Å². The fourth-order valence-electron chi connectivity index (χ4n) is 3.51. The minimum Gasteiger partial charge on any atom is -0.507 e. The lowest BCUT2D eigenvalue weighted by molar-refractivity contribution is 0.456. The van der Waals surface area contributed by atoms with Crippen molar-refractivity contribution in [1.29, 1.82) is 0 Å². The Morgan fingerprint density at radius 3 is 1.00 bits per heavy atom. The van der Waals surface area contributed by atoms with E-state index in [1.165, 1.54) is 36.4 Å². The minimum atomic E-state index is -0.310. The predicted octanol–water partition coefficient (Wildman–Crippen LogP) is 3.38. The van der Waals surface area contributed by atoms with Gasteiger partial charge in [-0.1, -0.05) is 0 Å². The third kappa shape index (κ3) is 4.09. The molecule has 0 aromatic heterocycles. The van der Waals surface area contributed by atoms with E-state index in [1.54, 1.807) is 0 Å². The molecule has 0 aliphatic heterocycles. The van der Waals surface area contributed by atoms with E-state index in [0.29, 0.717) is 0 Å². The Morgan fingerprint density at radius 1 is 0.371 bits per heavy atom. The lowest BCUT2D eigenvalue weighted by Crippen LogP contribution is -1.98. The van der Waals surface area contributed by atoms with E-state index in [-0.39, 0.29) is 91.0 Å². The monoisotopic (exact) mass is 478 g/mol. The summed E-state index contributed by atoms with van der Waals surface area (Å²) in [6.45, 7) is 0. The first-order chi connectivity index (χ1) is 16.5. The Balaban J connectivity index is 1.82. The van der Waals surface area contributed by atoms with Crippen molar-refractivity contribution >= 4 is 22.7 Å². The second-order valence-corrected chi connectivity index (χ2v) is 7.77. The summed E-state index contributed by atoms with van der Waals surface area (Å²) in [7, 11) is 0. The smallest absolute Gasteiger partial charge is 0.151 e. The van der Waals surface area contributed by atoms with E-state index >= 15 is 0 Å². The third-order valence-corrected chi connectivity index (χ3v) is 5.35. The molecule has 0 bridgehead atoms. The highest BCUT2D eigenvalue weighted by atomic mass is 16.5. The maximum absolute atomic E-state index is 10.4.